The first-order chi connectivity index (χ1) is 21.4. The first kappa shape index (κ1) is 33.3. The number of hydrogen-bond acceptors (Lipinski definition) is 9. The number of sulfonamides is 1. The first-order valence-electron chi connectivity index (χ1n) is 14.4. The van der Waals surface area contributed by atoms with Gasteiger partial charge >= 0.3 is 5.97 Å². The van der Waals surface area contributed by atoms with E-state index in [2.05, 4.69) is 10.8 Å². The molecule has 0 radical (unpaired) electrons. The zero-order valence-electron chi connectivity index (χ0n) is 25.2. The smallest absolute Gasteiger partial charge is 0.329 e. The van der Waals surface area contributed by atoms with E-state index >= 15 is 0 Å². The predicted molar refractivity (Wildman–Crippen MR) is 165 cm³/mol. The third-order valence-electron chi connectivity index (χ3n) is 7.05. The number of aliphatic hydroxyl groups excluding tert-OH is 1. The molecule has 3 amide bonds. The monoisotopic (exact) mass is 636 g/mol. The van der Waals surface area contributed by atoms with Crippen LogP contribution in [0.1, 0.15) is 47.1 Å². The van der Waals surface area contributed by atoms with E-state index in [1.165, 1.54) is 43.3 Å². The van der Waals surface area contributed by atoms with Gasteiger partial charge in [0.25, 0.3) is 11.8 Å². The zero-order valence-corrected chi connectivity index (χ0v) is 26.0. The van der Waals surface area contributed by atoms with Gasteiger partial charge in [0.15, 0.2) is 0 Å². The number of benzene rings is 3. The Morgan fingerprint density at radius 1 is 0.889 bits per heavy atom. The van der Waals surface area contributed by atoms with Gasteiger partial charge in [0.2, 0.25) is 15.9 Å². The Balaban J connectivity index is 1.53. The normalized spacial score (nSPS) is 14.3. The average Bonchev–Trinajstić information content (AvgIpc) is 3.24. The van der Waals surface area contributed by atoms with Gasteiger partial charge < -0.3 is 15.3 Å². The van der Waals surface area contributed by atoms with Gasteiger partial charge in [-0.1, -0.05) is 56.3 Å². The maximum atomic E-state index is 13.7. The van der Waals surface area contributed by atoms with Crippen molar-refractivity contribution in [3.05, 3.63) is 95.6 Å². The van der Waals surface area contributed by atoms with Crippen LogP contribution in [-0.4, -0.2) is 78.2 Å². The summed E-state index contributed by atoms with van der Waals surface area (Å²) in [5.41, 5.74) is 3.98. The SMILES string of the molecule is CC(=O)ONc1ccc(S(=O)(=O)N(CC(C)C)C[C@@H](O)[C@H](Cc2ccccc2)NC(=O)CN2C(=O)c3ccccc3C2=O)cc1. The van der Waals surface area contributed by atoms with Gasteiger partial charge in [0.1, 0.15) is 6.54 Å². The van der Waals surface area contributed by atoms with Crippen LogP contribution in [0.25, 0.3) is 0 Å². The number of aliphatic hydroxyl groups is 1. The van der Waals surface area contributed by atoms with E-state index in [-0.39, 0.29) is 41.5 Å². The summed E-state index contributed by atoms with van der Waals surface area (Å²) in [6, 6.07) is 20.0. The van der Waals surface area contributed by atoms with E-state index in [1.807, 2.05) is 32.0 Å². The minimum Gasteiger partial charge on any atom is -0.390 e. The van der Waals surface area contributed by atoms with E-state index in [4.69, 9.17) is 4.84 Å². The van der Waals surface area contributed by atoms with Gasteiger partial charge in [-0.3, -0.25) is 24.1 Å². The van der Waals surface area contributed by atoms with E-state index in [0.717, 1.165) is 14.8 Å². The minimum absolute atomic E-state index is 0.0435. The Bertz CT molecular complexity index is 1610. The highest BCUT2D eigenvalue weighted by Crippen LogP contribution is 2.23. The summed E-state index contributed by atoms with van der Waals surface area (Å²) in [4.78, 5) is 55.4. The third-order valence-corrected chi connectivity index (χ3v) is 8.90. The highest BCUT2D eigenvalue weighted by Gasteiger charge is 2.37. The molecular formula is C32H36N4O8S. The summed E-state index contributed by atoms with van der Waals surface area (Å²) in [5.74, 6) is -2.53. The number of anilines is 1. The Kier molecular flexibility index (Phi) is 10.7. The van der Waals surface area contributed by atoms with Crippen molar-refractivity contribution in [3.8, 4) is 0 Å². The molecule has 0 spiro atoms. The molecule has 1 aliphatic heterocycles. The molecule has 0 aromatic heterocycles. The highest BCUT2D eigenvalue weighted by atomic mass is 32.2. The molecule has 13 heteroatoms. The van der Waals surface area contributed by atoms with E-state index < -0.39 is 52.4 Å². The molecule has 0 saturated heterocycles. The number of hydrogen-bond donors (Lipinski definition) is 3. The lowest BCUT2D eigenvalue weighted by molar-refractivity contribution is -0.138. The Hall–Kier alpha value is -4.59. The minimum atomic E-state index is -4.11. The van der Waals surface area contributed by atoms with Gasteiger partial charge in [-0.15, -0.1) is 0 Å². The molecular weight excluding hydrogens is 600 g/mol. The standard InChI is InChI=1S/C32H36N4O8S/c1-21(2)18-35(45(42,43)25-15-13-24(14-16-25)34-44-22(3)37)19-29(38)28(17-23-9-5-4-6-10-23)33-30(39)20-36-31(40)26-11-7-8-12-27(26)32(36)41/h4-16,21,28-29,34,38H,17-20H2,1-3H3,(H,33,39)/t28-,29+/m0/s1. The van der Waals surface area contributed by atoms with Crippen molar-refractivity contribution in [3.63, 3.8) is 0 Å². The molecule has 238 valence electrons. The molecule has 0 fully saturated rings. The molecule has 3 aromatic rings. The maximum absolute atomic E-state index is 13.7. The summed E-state index contributed by atoms with van der Waals surface area (Å²) in [7, 11) is -4.11. The maximum Gasteiger partial charge on any atom is 0.329 e. The van der Waals surface area contributed by atoms with Crippen LogP contribution in [0, 0.1) is 5.92 Å². The number of amides is 3. The fourth-order valence-electron chi connectivity index (χ4n) is 4.92. The highest BCUT2D eigenvalue weighted by molar-refractivity contribution is 7.89. The van der Waals surface area contributed by atoms with Crippen LogP contribution >= 0.6 is 0 Å². The lowest BCUT2D eigenvalue weighted by Gasteiger charge is -2.31. The predicted octanol–water partition coefficient (Wildman–Crippen LogP) is 2.61. The summed E-state index contributed by atoms with van der Waals surface area (Å²) in [5, 5.41) is 14.2. The fraction of sp³-hybridized carbons (Fsp3) is 0.312. The Morgan fingerprint density at radius 2 is 1.47 bits per heavy atom. The van der Waals surface area contributed by atoms with Crippen molar-refractivity contribution >= 4 is 39.4 Å². The van der Waals surface area contributed by atoms with Gasteiger partial charge in [-0.05, 0) is 54.3 Å². The van der Waals surface area contributed by atoms with Crippen LogP contribution < -0.4 is 10.8 Å². The number of nitrogens with one attached hydrogen (secondary N) is 2. The number of carbonyl (C=O) groups excluding carboxylic acids is 4. The molecule has 12 nitrogen and oxygen atoms in total. The molecule has 3 aromatic carbocycles. The molecule has 0 unspecified atom stereocenters. The molecule has 3 N–H and O–H groups in total. The van der Waals surface area contributed by atoms with Crippen molar-refractivity contribution in [1.82, 2.24) is 14.5 Å². The second-order valence-corrected chi connectivity index (χ2v) is 13.0. The number of fused-ring (bicyclic) bond motifs is 1. The zero-order chi connectivity index (χ0) is 32.7. The number of rotatable bonds is 14. The molecule has 4 rings (SSSR count). The summed E-state index contributed by atoms with van der Waals surface area (Å²) < 4.78 is 28.6. The largest absolute Gasteiger partial charge is 0.390 e. The molecule has 45 heavy (non-hydrogen) atoms. The molecule has 1 aliphatic rings. The van der Waals surface area contributed by atoms with Crippen molar-refractivity contribution in [1.29, 1.82) is 0 Å². The summed E-state index contributed by atoms with van der Waals surface area (Å²) in [6.45, 7) is 4.07. The van der Waals surface area contributed by atoms with E-state index in [9.17, 15) is 32.7 Å². The number of imide groups is 1. The summed E-state index contributed by atoms with van der Waals surface area (Å²) in [6.07, 6.45) is -1.21. The van der Waals surface area contributed by atoms with E-state index in [1.54, 1.807) is 24.3 Å². The van der Waals surface area contributed by atoms with Crippen molar-refractivity contribution in [2.45, 2.75) is 44.2 Å². The van der Waals surface area contributed by atoms with Crippen LogP contribution in [-0.2, 0) is 30.9 Å². The number of carbonyl (C=O) groups is 4. The second-order valence-electron chi connectivity index (χ2n) is 11.1. The fourth-order valence-corrected chi connectivity index (χ4v) is 6.54. The first-order valence-corrected chi connectivity index (χ1v) is 15.8. The van der Waals surface area contributed by atoms with Gasteiger partial charge in [0, 0.05) is 20.0 Å². The van der Waals surface area contributed by atoms with Gasteiger partial charge in [0.05, 0.1) is 33.9 Å². The third kappa shape index (κ3) is 8.32. The topological polar surface area (TPSA) is 162 Å². The molecule has 0 bridgehead atoms. The van der Waals surface area contributed by atoms with Crippen LogP contribution in [0.15, 0.2) is 83.8 Å². The Morgan fingerprint density at radius 3 is 2.02 bits per heavy atom. The van der Waals surface area contributed by atoms with Gasteiger partial charge in [-0.2, -0.15) is 4.31 Å². The van der Waals surface area contributed by atoms with Gasteiger partial charge in [-0.25, -0.2) is 13.9 Å². The Labute approximate surface area is 262 Å². The molecule has 1 heterocycles. The molecule has 0 saturated carbocycles. The van der Waals surface area contributed by atoms with Crippen molar-refractivity contribution in [2.75, 3.05) is 25.1 Å². The van der Waals surface area contributed by atoms with Crippen molar-refractivity contribution in [2.24, 2.45) is 5.92 Å². The number of nitrogens with zero attached hydrogens (tertiary/aromatic N) is 2. The van der Waals surface area contributed by atoms with Crippen molar-refractivity contribution < 1.29 is 37.5 Å². The van der Waals surface area contributed by atoms with Crippen LogP contribution in [0.3, 0.4) is 0 Å². The lowest BCUT2D eigenvalue weighted by atomic mass is 10.0. The van der Waals surface area contributed by atoms with Crippen LogP contribution in [0.4, 0.5) is 5.69 Å². The quantitative estimate of drug-likeness (QED) is 0.178. The molecule has 2 atom stereocenters. The van der Waals surface area contributed by atoms with E-state index in [0.29, 0.717) is 5.69 Å². The lowest BCUT2D eigenvalue weighted by Crippen LogP contribution is -2.53. The van der Waals surface area contributed by atoms with Crippen LogP contribution in [0.2, 0.25) is 0 Å². The molecule has 0 aliphatic carbocycles. The average molecular weight is 637 g/mol. The van der Waals surface area contributed by atoms with Crippen LogP contribution in [0.5, 0.6) is 0 Å². The summed E-state index contributed by atoms with van der Waals surface area (Å²) >= 11 is 0. The second kappa shape index (κ2) is 14.5.